The van der Waals surface area contributed by atoms with E-state index in [2.05, 4.69) is 34.0 Å². The predicted molar refractivity (Wildman–Crippen MR) is 95.4 cm³/mol. The van der Waals surface area contributed by atoms with Gasteiger partial charge in [-0.1, -0.05) is 19.1 Å². The Morgan fingerprint density at radius 2 is 2.04 bits per heavy atom. The molecule has 2 rings (SSSR count). The van der Waals surface area contributed by atoms with Crippen LogP contribution >= 0.6 is 0 Å². The zero-order chi connectivity index (χ0) is 17.5. The maximum atomic E-state index is 11.2. The number of ether oxygens (including phenoxy) is 2. The zero-order valence-electron chi connectivity index (χ0n) is 15.4. The number of carbonyl (C=O) groups is 1. The fraction of sp³-hybridized carbons (Fsp3) is 0.632. The number of carbonyl (C=O) groups excluding carboxylic acids is 1. The molecule has 24 heavy (non-hydrogen) atoms. The van der Waals surface area contributed by atoms with Gasteiger partial charge in [0.2, 0.25) is 0 Å². The SMILES string of the molecule is CCN1CCC(CNCc2cc(C)c(OCC(=O)OC)c(C)c2)C1. The van der Waals surface area contributed by atoms with Gasteiger partial charge in [0, 0.05) is 13.1 Å². The molecule has 0 bridgehead atoms. The summed E-state index contributed by atoms with van der Waals surface area (Å²) in [5, 5.41) is 3.58. The van der Waals surface area contributed by atoms with Gasteiger partial charge in [-0.2, -0.15) is 0 Å². The Hall–Kier alpha value is -1.59. The van der Waals surface area contributed by atoms with Crippen LogP contribution in [0.5, 0.6) is 5.75 Å². The van der Waals surface area contributed by atoms with E-state index in [1.54, 1.807) is 0 Å². The monoisotopic (exact) mass is 334 g/mol. The highest BCUT2D eigenvalue weighted by atomic mass is 16.6. The van der Waals surface area contributed by atoms with E-state index < -0.39 is 0 Å². The van der Waals surface area contributed by atoms with Crippen molar-refractivity contribution in [1.29, 1.82) is 0 Å². The second kappa shape index (κ2) is 9.04. The molecule has 1 heterocycles. The van der Waals surface area contributed by atoms with Crippen LogP contribution in [0.3, 0.4) is 0 Å². The van der Waals surface area contributed by atoms with Crippen molar-refractivity contribution in [1.82, 2.24) is 10.2 Å². The predicted octanol–water partition coefficient (Wildman–Crippen LogP) is 2.29. The number of esters is 1. The summed E-state index contributed by atoms with van der Waals surface area (Å²) < 4.78 is 10.2. The second-order valence-corrected chi connectivity index (χ2v) is 6.60. The molecule has 5 heteroatoms. The lowest BCUT2D eigenvalue weighted by atomic mass is 10.0. The van der Waals surface area contributed by atoms with Crippen molar-refractivity contribution >= 4 is 5.97 Å². The average molecular weight is 334 g/mol. The quantitative estimate of drug-likeness (QED) is 0.739. The van der Waals surface area contributed by atoms with Crippen LogP contribution in [0.25, 0.3) is 0 Å². The van der Waals surface area contributed by atoms with E-state index in [4.69, 9.17) is 4.74 Å². The lowest BCUT2D eigenvalue weighted by Crippen LogP contribution is -2.26. The van der Waals surface area contributed by atoms with Gasteiger partial charge in [0.1, 0.15) is 5.75 Å². The summed E-state index contributed by atoms with van der Waals surface area (Å²) in [6, 6.07) is 4.25. The zero-order valence-corrected chi connectivity index (χ0v) is 15.4. The summed E-state index contributed by atoms with van der Waals surface area (Å²) >= 11 is 0. The van der Waals surface area contributed by atoms with Gasteiger partial charge < -0.3 is 19.7 Å². The van der Waals surface area contributed by atoms with E-state index in [9.17, 15) is 4.79 Å². The number of benzene rings is 1. The van der Waals surface area contributed by atoms with Crippen molar-refractivity contribution in [2.45, 2.75) is 33.7 Å². The Morgan fingerprint density at radius 1 is 1.33 bits per heavy atom. The first-order valence-electron chi connectivity index (χ1n) is 8.76. The molecule has 0 spiro atoms. The molecular formula is C19H30N2O3. The van der Waals surface area contributed by atoms with Crippen molar-refractivity contribution < 1.29 is 14.3 Å². The van der Waals surface area contributed by atoms with Gasteiger partial charge in [-0.05, 0) is 62.5 Å². The van der Waals surface area contributed by atoms with E-state index in [0.29, 0.717) is 0 Å². The first-order valence-corrected chi connectivity index (χ1v) is 8.76. The number of nitrogens with zero attached hydrogens (tertiary/aromatic N) is 1. The fourth-order valence-electron chi connectivity index (χ4n) is 3.35. The Labute approximate surface area is 145 Å². The largest absolute Gasteiger partial charge is 0.481 e. The summed E-state index contributed by atoms with van der Waals surface area (Å²) in [6.07, 6.45) is 1.29. The number of rotatable bonds is 8. The van der Waals surface area contributed by atoms with Crippen molar-refractivity contribution in [3.05, 3.63) is 28.8 Å². The molecule has 5 nitrogen and oxygen atoms in total. The highest BCUT2D eigenvalue weighted by molar-refractivity contribution is 5.71. The lowest BCUT2D eigenvalue weighted by molar-refractivity contribution is -0.142. The van der Waals surface area contributed by atoms with Crippen LogP contribution in [0.2, 0.25) is 0 Å². The Kier molecular flexibility index (Phi) is 7.06. The Morgan fingerprint density at radius 3 is 2.62 bits per heavy atom. The summed E-state index contributed by atoms with van der Waals surface area (Å²) in [4.78, 5) is 13.7. The molecule has 1 N–H and O–H groups in total. The van der Waals surface area contributed by atoms with Crippen molar-refractivity contribution in [3.8, 4) is 5.75 Å². The molecule has 1 aliphatic rings. The van der Waals surface area contributed by atoms with E-state index in [0.717, 1.165) is 42.4 Å². The minimum absolute atomic E-state index is 0.0502. The van der Waals surface area contributed by atoms with Crippen LogP contribution in [0.15, 0.2) is 12.1 Å². The third-order valence-electron chi connectivity index (χ3n) is 4.66. The first kappa shape index (κ1) is 18.7. The van der Waals surface area contributed by atoms with Crippen LogP contribution < -0.4 is 10.1 Å². The van der Waals surface area contributed by atoms with E-state index >= 15 is 0 Å². The molecule has 1 atom stereocenters. The maximum Gasteiger partial charge on any atom is 0.343 e. The number of hydrogen-bond donors (Lipinski definition) is 1. The standard InChI is InChI=1S/C19H30N2O3/c1-5-21-7-6-16(12-21)10-20-11-17-8-14(2)19(15(3)9-17)24-13-18(22)23-4/h8-9,16,20H,5-7,10-13H2,1-4H3. The van der Waals surface area contributed by atoms with Crippen LogP contribution in [-0.2, 0) is 16.1 Å². The average Bonchev–Trinajstić information content (AvgIpc) is 3.01. The Bertz CT molecular complexity index is 537. The number of hydrogen-bond acceptors (Lipinski definition) is 5. The molecular weight excluding hydrogens is 304 g/mol. The van der Waals surface area contributed by atoms with E-state index in [1.165, 1.54) is 32.2 Å². The third kappa shape index (κ3) is 5.21. The van der Waals surface area contributed by atoms with Crippen LogP contribution in [0, 0.1) is 19.8 Å². The number of nitrogens with one attached hydrogen (secondary N) is 1. The maximum absolute atomic E-state index is 11.2. The van der Waals surface area contributed by atoms with Crippen LogP contribution in [0.4, 0.5) is 0 Å². The minimum Gasteiger partial charge on any atom is -0.481 e. The highest BCUT2D eigenvalue weighted by Gasteiger charge is 2.20. The number of likely N-dealkylation sites (tertiary alicyclic amines) is 1. The van der Waals surface area contributed by atoms with Gasteiger partial charge in [-0.15, -0.1) is 0 Å². The molecule has 134 valence electrons. The van der Waals surface area contributed by atoms with E-state index in [-0.39, 0.29) is 12.6 Å². The fourth-order valence-corrected chi connectivity index (χ4v) is 3.35. The summed E-state index contributed by atoms with van der Waals surface area (Å²) in [5.74, 6) is 1.17. The minimum atomic E-state index is -0.364. The molecule has 0 saturated carbocycles. The Balaban J connectivity index is 1.84. The second-order valence-electron chi connectivity index (χ2n) is 6.60. The van der Waals surface area contributed by atoms with E-state index in [1.807, 2.05) is 13.8 Å². The van der Waals surface area contributed by atoms with Gasteiger partial charge in [-0.3, -0.25) is 0 Å². The molecule has 1 aromatic rings. The van der Waals surface area contributed by atoms with Crippen molar-refractivity contribution in [2.75, 3.05) is 39.9 Å². The molecule has 1 fully saturated rings. The third-order valence-corrected chi connectivity index (χ3v) is 4.66. The molecule has 0 aromatic heterocycles. The van der Waals surface area contributed by atoms with Gasteiger partial charge >= 0.3 is 5.97 Å². The van der Waals surface area contributed by atoms with Gasteiger partial charge in [0.25, 0.3) is 0 Å². The molecule has 1 unspecified atom stereocenters. The molecule has 1 aliphatic heterocycles. The van der Waals surface area contributed by atoms with Gasteiger partial charge in [-0.25, -0.2) is 4.79 Å². The smallest absolute Gasteiger partial charge is 0.343 e. The van der Waals surface area contributed by atoms with Crippen molar-refractivity contribution in [3.63, 3.8) is 0 Å². The lowest BCUT2D eigenvalue weighted by Gasteiger charge is -2.16. The summed E-state index contributed by atoms with van der Waals surface area (Å²) in [7, 11) is 1.37. The molecule has 1 saturated heterocycles. The first-order chi connectivity index (χ1) is 11.5. The van der Waals surface area contributed by atoms with Gasteiger partial charge in [0.15, 0.2) is 6.61 Å². The normalized spacial score (nSPS) is 17.9. The van der Waals surface area contributed by atoms with Crippen molar-refractivity contribution in [2.24, 2.45) is 5.92 Å². The van der Waals surface area contributed by atoms with Crippen LogP contribution in [0.1, 0.15) is 30.0 Å². The summed E-state index contributed by atoms with van der Waals surface area (Å²) in [6.45, 7) is 11.7. The molecule has 0 radical (unpaired) electrons. The van der Waals surface area contributed by atoms with Crippen LogP contribution in [-0.4, -0.2) is 50.8 Å². The molecule has 1 aromatic carbocycles. The molecule has 0 aliphatic carbocycles. The number of aryl methyl sites for hydroxylation is 2. The highest BCUT2D eigenvalue weighted by Crippen LogP contribution is 2.25. The summed E-state index contributed by atoms with van der Waals surface area (Å²) in [5.41, 5.74) is 3.35. The molecule has 0 amide bonds. The topological polar surface area (TPSA) is 50.8 Å². The number of methoxy groups -OCH3 is 1. The van der Waals surface area contributed by atoms with Gasteiger partial charge in [0.05, 0.1) is 7.11 Å².